The van der Waals surface area contributed by atoms with E-state index in [9.17, 15) is 13.2 Å². The first-order chi connectivity index (χ1) is 7.69. The van der Waals surface area contributed by atoms with Gasteiger partial charge >= 0.3 is 6.18 Å². The van der Waals surface area contributed by atoms with Gasteiger partial charge in [-0.3, -0.25) is 0 Å². The lowest BCUT2D eigenvalue weighted by atomic mass is 9.88. The molecule has 0 unspecified atom stereocenters. The van der Waals surface area contributed by atoms with Gasteiger partial charge in [0.2, 0.25) is 0 Å². The number of alkyl halides is 3. The zero-order chi connectivity index (χ0) is 13.5. The number of unbranched alkanes of at least 4 members (excludes halogenated alkanes) is 4. The van der Waals surface area contributed by atoms with E-state index in [1.165, 1.54) is 0 Å². The molecule has 17 heavy (non-hydrogen) atoms. The molecule has 0 rings (SSSR count). The molecule has 0 bridgehead atoms. The molecule has 0 aromatic rings. The van der Waals surface area contributed by atoms with Crippen LogP contribution in [0, 0.1) is 5.41 Å². The third kappa shape index (κ3) is 7.63. The topological polar surface area (TPSA) is 9.23 Å². The lowest BCUT2D eigenvalue weighted by molar-refractivity contribution is -0.248. The van der Waals surface area contributed by atoms with Crippen molar-refractivity contribution >= 4 is 0 Å². The molecule has 0 aromatic heterocycles. The zero-order valence-electron chi connectivity index (χ0n) is 11.4. The predicted octanol–water partition coefficient (Wildman–Crippen LogP) is 4.95. The van der Waals surface area contributed by atoms with Gasteiger partial charge in [-0.15, -0.1) is 0 Å². The molecule has 0 spiro atoms. The highest BCUT2D eigenvalue weighted by molar-refractivity contribution is 4.81. The Labute approximate surface area is 103 Å². The Hall–Kier alpha value is -0.250. The Morgan fingerprint density at radius 1 is 0.941 bits per heavy atom. The Kier molecular flexibility index (Phi) is 7.14. The molecule has 4 heteroatoms. The molecule has 1 atom stereocenters. The largest absolute Gasteiger partial charge is 0.415 e. The van der Waals surface area contributed by atoms with E-state index in [2.05, 4.69) is 6.92 Å². The Morgan fingerprint density at radius 3 is 1.88 bits per heavy atom. The standard InChI is InChI=1S/C13H25F3O/c1-5-6-7-8-9-10-17-11(12(2,3)4)13(14,15)16/h11H,5-10H2,1-4H3/t11-/m0/s1. The van der Waals surface area contributed by atoms with Crippen molar-refractivity contribution in [2.45, 2.75) is 72.1 Å². The highest BCUT2D eigenvalue weighted by atomic mass is 19.4. The van der Waals surface area contributed by atoms with Gasteiger partial charge in [-0.2, -0.15) is 13.2 Å². The van der Waals surface area contributed by atoms with Crippen molar-refractivity contribution in [2.24, 2.45) is 5.41 Å². The Bertz CT molecular complexity index is 180. The molecule has 1 nitrogen and oxygen atoms in total. The summed E-state index contributed by atoms with van der Waals surface area (Å²) in [6.07, 6.45) is -0.934. The fourth-order valence-corrected chi connectivity index (χ4v) is 1.74. The van der Waals surface area contributed by atoms with Gasteiger partial charge in [0.1, 0.15) is 0 Å². The van der Waals surface area contributed by atoms with E-state index >= 15 is 0 Å². The highest BCUT2D eigenvalue weighted by Gasteiger charge is 2.47. The second-order valence-electron chi connectivity index (χ2n) is 5.57. The van der Waals surface area contributed by atoms with Crippen LogP contribution in [0.5, 0.6) is 0 Å². The SMILES string of the molecule is CCCCCCCO[C@@H](C(C)(C)C)C(F)(F)F. The summed E-state index contributed by atoms with van der Waals surface area (Å²) < 4.78 is 43.2. The average molecular weight is 254 g/mol. The maximum atomic E-state index is 12.7. The van der Waals surface area contributed by atoms with Crippen molar-refractivity contribution < 1.29 is 17.9 Å². The van der Waals surface area contributed by atoms with Crippen LogP contribution in [0.1, 0.15) is 59.8 Å². The van der Waals surface area contributed by atoms with Gasteiger partial charge in [-0.05, 0) is 11.8 Å². The van der Waals surface area contributed by atoms with E-state index in [1.807, 2.05) is 0 Å². The van der Waals surface area contributed by atoms with Crippen molar-refractivity contribution in [1.29, 1.82) is 0 Å². The molecular weight excluding hydrogens is 229 g/mol. The van der Waals surface area contributed by atoms with Crippen molar-refractivity contribution in [3.05, 3.63) is 0 Å². The van der Waals surface area contributed by atoms with Gasteiger partial charge in [0.05, 0.1) is 0 Å². The summed E-state index contributed by atoms with van der Waals surface area (Å²) in [4.78, 5) is 0. The van der Waals surface area contributed by atoms with Gasteiger partial charge in [0, 0.05) is 6.61 Å². The minimum absolute atomic E-state index is 0.200. The summed E-state index contributed by atoms with van der Waals surface area (Å²) in [6.45, 7) is 6.98. The van der Waals surface area contributed by atoms with Crippen LogP contribution in [-0.2, 0) is 4.74 Å². The van der Waals surface area contributed by atoms with Gasteiger partial charge in [-0.1, -0.05) is 53.4 Å². The zero-order valence-corrected chi connectivity index (χ0v) is 11.4. The van der Waals surface area contributed by atoms with Gasteiger partial charge in [0.25, 0.3) is 0 Å². The second kappa shape index (κ2) is 7.24. The quantitative estimate of drug-likeness (QED) is 0.584. The first kappa shape index (κ1) is 16.8. The van der Waals surface area contributed by atoms with Crippen molar-refractivity contribution in [1.82, 2.24) is 0 Å². The monoisotopic (exact) mass is 254 g/mol. The van der Waals surface area contributed by atoms with E-state index in [4.69, 9.17) is 4.74 Å². The molecule has 0 N–H and O–H groups in total. The van der Waals surface area contributed by atoms with Crippen LogP contribution in [0.3, 0.4) is 0 Å². The molecule has 0 aliphatic heterocycles. The molecule has 104 valence electrons. The first-order valence-corrected chi connectivity index (χ1v) is 6.38. The van der Waals surface area contributed by atoms with Crippen molar-refractivity contribution in [3.8, 4) is 0 Å². The lowest BCUT2D eigenvalue weighted by Crippen LogP contribution is -2.42. The average Bonchev–Trinajstić information content (AvgIpc) is 2.12. The summed E-state index contributed by atoms with van der Waals surface area (Å²) in [7, 11) is 0. The molecular formula is C13H25F3O. The summed E-state index contributed by atoms with van der Waals surface area (Å²) in [6, 6.07) is 0. The van der Waals surface area contributed by atoms with Gasteiger partial charge in [0.15, 0.2) is 6.10 Å². The summed E-state index contributed by atoms with van der Waals surface area (Å²) >= 11 is 0. The molecule has 0 aliphatic carbocycles. The molecule has 0 amide bonds. The number of ether oxygens (including phenoxy) is 1. The third-order valence-corrected chi connectivity index (χ3v) is 2.62. The number of hydrogen-bond acceptors (Lipinski definition) is 1. The molecule has 0 fully saturated rings. The summed E-state index contributed by atoms with van der Waals surface area (Å²) in [5, 5.41) is 0. The smallest absolute Gasteiger partial charge is 0.368 e. The van der Waals surface area contributed by atoms with Crippen molar-refractivity contribution in [2.75, 3.05) is 6.61 Å². The van der Waals surface area contributed by atoms with Crippen LogP contribution >= 0.6 is 0 Å². The first-order valence-electron chi connectivity index (χ1n) is 6.38. The van der Waals surface area contributed by atoms with E-state index < -0.39 is 17.7 Å². The van der Waals surface area contributed by atoms with E-state index in [1.54, 1.807) is 20.8 Å². The molecule has 0 saturated carbocycles. The predicted molar refractivity (Wildman–Crippen MR) is 64.0 cm³/mol. The van der Waals surface area contributed by atoms with Crippen molar-refractivity contribution in [3.63, 3.8) is 0 Å². The van der Waals surface area contributed by atoms with E-state index in [0.717, 1.165) is 25.7 Å². The summed E-state index contributed by atoms with van der Waals surface area (Å²) in [5.41, 5.74) is -0.901. The maximum Gasteiger partial charge on any atom is 0.415 e. The third-order valence-electron chi connectivity index (χ3n) is 2.62. The van der Waals surface area contributed by atoms with E-state index in [-0.39, 0.29) is 6.61 Å². The molecule has 0 aliphatic rings. The fourth-order valence-electron chi connectivity index (χ4n) is 1.74. The molecule has 0 heterocycles. The van der Waals surface area contributed by atoms with Crippen LogP contribution in [0.25, 0.3) is 0 Å². The normalized spacial score (nSPS) is 15.0. The molecule has 0 saturated heterocycles. The summed E-state index contributed by atoms with van der Waals surface area (Å²) in [5.74, 6) is 0. The van der Waals surface area contributed by atoms with Gasteiger partial charge in [-0.25, -0.2) is 0 Å². The number of hydrogen-bond donors (Lipinski definition) is 0. The maximum absolute atomic E-state index is 12.7. The Balaban J connectivity index is 3.95. The number of rotatable bonds is 7. The molecule has 0 aromatic carbocycles. The van der Waals surface area contributed by atoms with Crippen LogP contribution in [0.2, 0.25) is 0 Å². The fraction of sp³-hybridized carbons (Fsp3) is 1.00. The van der Waals surface area contributed by atoms with Crippen LogP contribution in [0.15, 0.2) is 0 Å². The second-order valence-corrected chi connectivity index (χ2v) is 5.57. The van der Waals surface area contributed by atoms with E-state index in [0.29, 0.717) is 6.42 Å². The lowest BCUT2D eigenvalue weighted by Gasteiger charge is -2.32. The number of halogens is 3. The minimum atomic E-state index is -4.28. The van der Waals surface area contributed by atoms with Crippen LogP contribution in [-0.4, -0.2) is 18.9 Å². The van der Waals surface area contributed by atoms with Crippen LogP contribution < -0.4 is 0 Å². The Morgan fingerprint density at radius 2 is 1.47 bits per heavy atom. The highest BCUT2D eigenvalue weighted by Crippen LogP contribution is 2.35. The van der Waals surface area contributed by atoms with Gasteiger partial charge < -0.3 is 4.74 Å². The molecule has 0 radical (unpaired) electrons. The van der Waals surface area contributed by atoms with Crippen LogP contribution in [0.4, 0.5) is 13.2 Å². The minimum Gasteiger partial charge on any atom is -0.368 e.